The molecule has 0 amide bonds. The second kappa shape index (κ2) is 5.96. The van der Waals surface area contributed by atoms with Crippen molar-refractivity contribution >= 4 is 11.8 Å². The first kappa shape index (κ1) is 14.1. The highest BCUT2D eigenvalue weighted by Crippen LogP contribution is 2.41. The normalized spacial score (nSPS) is 22.0. The fraction of sp³-hybridized carbons (Fsp3) is 0.600. The summed E-state index contributed by atoms with van der Waals surface area (Å²) < 4.78 is 2.34. The SMILES string of the molecule is Cc1ccnc(Sc2nnc(C3CCCNC3)n2C2CC2)n1. The van der Waals surface area contributed by atoms with Crippen LogP contribution in [0.25, 0.3) is 0 Å². The van der Waals surface area contributed by atoms with Gasteiger partial charge in [0.15, 0.2) is 10.3 Å². The Labute approximate surface area is 134 Å². The van der Waals surface area contributed by atoms with Crippen LogP contribution in [0.3, 0.4) is 0 Å². The molecule has 1 unspecified atom stereocenters. The monoisotopic (exact) mass is 316 g/mol. The van der Waals surface area contributed by atoms with E-state index < -0.39 is 0 Å². The molecule has 3 heterocycles. The van der Waals surface area contributed by atoms with Gasteiger partial charge in [-0.15, -0.1) is 10.2 Å². The highest BCUT2D eigenvalue weighted by atomic mass is 32.2. The lowest BCUT2D eigenvalue weighted by Gasteiger charge is -2.22. The van der Waals surface area contributed by atoms with E-state index in [2.05, 4.69) is 30.0 Å². The van der Waals surface area contributed by atoms with Gasteiger partial charge in [0, 0.05) is 30.4 Å². The summed E-state index contributed by atoms with van der Waals surface area (Å²) >= 11 is 1.53. The van der Waals surface area contributed by atoms with Crippen molar-refractivity contribution < 1.29 is 0 Å². The van der Waals surface area contributed by atoms with Crippen LogP contribution in [0.4, 0.5) is 0 Å². The molecule has 1 saturated carbocycles. The van der Waals surface area contributed by atoms with E-state index in [-0.39, 0.29) is 0 Å². The number of rotatable bonds is 4. The summed E-state index contributed by atoms with van der Waals surface area (Å²) in [6, 6.07) is 2.48. The van der Waals surface area contributed by atoms with Crippen LogP contribution in [0.2, 0.25) is 0 Å². The summed E-state index contributed by atoms with van der Waals surface area (Å²) in [6.45, 7) is 4.11. The van der Waals surface area contributed by atoms with Crippen LogP contribution in [0.15, 0.2) is 22.6 Å². The molecule has 2 aliphatic rings. The fourth-order valence-corrected chi connectivity index (χ4v) is 3.83. The lowest BCUT2D eigenvalue weighted by atomic mass is 9.99. The van der Waals surface area contributed by atoms with Crippen LogP contribution in [0.1, 0.15) is 49.2 Å². The Hall–Kier alpha value is -1.47. The Morgan fingerprint density at radius 3 is 2.91 bits per heavy atom. The van der Waals surface area contributed by atoms with E-state index in [1.54, 1.807) is 6.20 Å². The van der Waals surface area contributed by atoms with Gasteiger partial charge in [-0.3, -0.25) is 0 Å². The molecule has 1 N–H and O–H groups in total. The summed E-state index contributed by atoms with van der Waals surface area (Å²) in [6.07, 6.45) is 6.67. The van der Waals surface area contributed by atoms with Crippen molar-refractivity contribution in [2.45, 2.75) is 54.9 Å². The van der Waals surface area contributed by atoms with Crippen molar-refractivity contribution in [3.8, 4) is 0 Å². The van der Waals surface area contributed by atoms with Gasteiger partial charge in [0.2, 0.25) is 0 Å². The average molecular weight is 316 g/mol. The molecule has 0 spiro atoms. The molecular weight excluding hydrogens is 296 g/mol. The molecule has 1 saturated heterocycles. The molecule has 7 heteroatoms. The minimum Gasteiger partial charge on any atom is -0.316 e. The zero-order valence-electron chi connectivity index (χ0n) is 12.7. The van der Waals surface area contributed by atoms with Crippen LogP contribution >= 0.6 is 11.8 Å². The van der Waals surface area contributed by atoms with Gasteiger partial charge in [-0.2, -0.15) is 0 Å². The van der Waals surface area contributed by atoms with E-state index in [9.17, 15) is 0 Å². The predicted molar refractivity (Wildman–Crippen MR) is 84.0 cm³/mol. The number of nitrogens with one attached hydrogen (secondary N) is 1. The topological polar surface area (TPSA) is 68.5 Å². The molecule has 6 nitrogen and oxygen atoms in total. The molecule has 116 valence electrons. The van der Waals surface area contributed by atoms with E-state index in [0.29, 0.717) is 12.0 Å². The number of aryl methyl sites for hydroxylation is 1. The average Bonchev–Trinajstić information content (AvgIpc) is 3.29. The Morgan fingerprint density at radius 1 is 1.27 bits per heavy atom. The molecule has 2 aromatic heterocycles. The van der Waals surface area contributed by atoms with Crippen molar-refractivity contribution in [1.29, 1.82) is 0 Å². The van der Waals surface area contributed by atoms with Gasteiger partial charge in [-0.25, -0.2) is 9.97 Å². The summed E-state index contributed by atoms with van der Waals surface area (Å²) in [4.78, 5) is 8.81. The van der Waals surface area contributed by atoms with Gasteiger partial charge in [0.05, 0.1) is 0 Å². The summed E-state index contributed by atoms with van der Waals surface area (Å²) in [5, 5.41) is 14.1. The third-order valence-electron chi connectivity index (χ3n) is 4.22. The molecule has 4 rings (SSSR count). The van der Waals surface area contributed by atoms with Crippen molar-refractivity contribution in [1.82, 2.24) is 30.0 Å². The molecule has 1 aliphatic heterocycles. The largest absolute Gasteiger partial charge is 0.316 e. The maximum Gasteiger partial charge on any atom is 0.199 e. The molecule has 22 heavy (non-hydrogen) atoms. The van der Waals surface area contributed by atoms with Crippen LogP contribution < -0.4 is 5.32 Å². The quantitative estimate of drug-likeness (QED) is 0.873. The van der Waals surface area contributed by atoms with Crippen LogP contribution in [-0.2, 0) is 0 Å². The number of aromatic nitrogens is 5. The van der Waals surface area contributed by atoms with E-state index in [4.69, 9.17) is 0 Å². The Kier molecular flexibility index (Phi) is 3.83. The van der Waals surface area contributed by atoms with Crippen molar-refractivity contribution in [3.63, 3.8) is 0 Å². The van der Waals surface area contributed by atoms with Gasteiger partial charge in [-0.1, -0.05) is 0 Å². The predicted octanol–water partition coefficient (Wildman–Crippen LogP) is 2.33. The fourth-order valence-electron chi connectivity index (χ4n) is 2.94. The van der Waals surface area contributed by atoms with Gasteiger partial charge in [0.25, 0.3) is 0 Å². The van der Waals surface area contributed by atoms with E-state index in [1.165, 1.54) is 37.4 Å². The number of nitrogens with zero attached hydrogens (tertiary/aromatic N) is 5. The maximum atomic E-state index is 4.52. The molecule has 1 atom stereocenters. The lowest BCUT2D eigenvalue weighted by molar-refractivity contribution is 0.428. The summed E-state index contributed by atoms with van der Waals surface area (Å²) in [5.41, 5.74) is 0.978. The number of hydrogen-bond acceptors (Lipinski definition) is 6. The van der Waals surface area contributed by atoms with Crippen molar-refractivity contribution in [2.75, 3.05) is 13.1 Å². The number of hydrogen-bond donors (Lipinski definition) is 1. The minimum absolute atomic E-state index is 0.481. The maximum absolute atomic E-state index is 4.52. The molecule has 0 bridgehead atoms. The summed E-state index contributed by atoms with van der Waals surface area (Å²) in [5.74, 6) is 1.62. The molecule has 2 fully saturated rings. The highest BCUT2D eigenvalue weighted by molar-refractivity contribution is 7.99. The Morgan fingerprint density at radius 2 is 2.18 bits per heavy atom. The first-order valence-electron chi connectivity index (χ1n) is 7.94. The number of piperidine rings is 1. The third kappa shape index (κ3) is 2.87. The smallest absolute Gasteiger partial charge is 0.199 e. The first-order chi connectivity index (χ1) is 10.8. The van der Waals surface area contributed by atoms with Gasteiger partial charge in [-0.05, 0) is 57.0 Å². The Bertz CT molecular complexity index is 660. The minimum atomic E-state index is 0.481. The summed E-state index contributed by atoms with van der Waals surface area (Å²) in [7, 11) is 0. The zero-order chi connectivity index (χ0) is 14.9. The first-order valence-corrected chi connectivity index (χ1v) is 8.76. The van der Waals surface area contributed by atoms with Gasteiger partial charge < -0.3 is 9.88 Å². The van der Waals surface area contributed by atoms with E-state index in [0.717, 1.165) is 34.9 Å². The zero-order valence-corrected chi connectivity index (χ0v) is 13.5. The van der Waals surface area contributed by atoms with Gasteiger partial charge >= 0.3 is 0 Å². The van der Waals surface area contributed by atoms with Crippen molar-refractivity contribution in [2.24, 2.45) is 0 Å². The van der Waals surface area contributed by atoms with Crippen LogP contribution in [0, 0.1) is 6.92 Å². The second-order valence-corrected chi connectivity index (χ2v) is 7.00. The Balaban J connectivity index is 1.63. The van der Waals surface area contributed by atoms with Gasteiger partial charge in [0.1, 0.15) is 5.82 Å². The van der Waals surface area contributed by atoms with E-state index >= 15 is 0 Å². The molecule has 0 radical (unpaired) electrons. The van der Waals surface area contributed by atoms with E-state index in [1.807, 2.05) is 13.0 Å². The highest BCUT2D eigenvalue weighted by Gasteiger charge is 2.33. The molecule has 2 aromatic rings. The molecular formula is C15H20N6S. The van der Waals surface area contributed by atoms with Crippen LogP contribution in [0.5, 0.6) is 0 Å². The van der Waals surface area contributed by atoms with Crippen molar-refractivity contribution in [3.05, 3.63) is 23.8 Å². The lowest BCUT2D eigenvalue weighted by Crippen LogP contribution is -2.30. The third-order valence-corrected chi connectivity index (χ3v) is 5.06. The molecule has 1 aliphatic carbocycles. The second-order valence-electron chi connectivity index (χ2n) is 6.07. The standard InChI is InChI=1S/C15H20N6S/c1-10-6-8-17-14(18-10)22-15-20-19-13(21(15)12-4-5-12)11-3-2-7-16-9-11/h6,8,11-12,16H,2-5,7,9H2,1H3. The molecule has 0 aromatic carbocycles. The van der Waals surface area contributed by atoms with Crippen LogP contribution in [-0.4, -0.2) is 37.8 Å².